The average molecular weight is 335 g/mol. The van der Waals surface area contributed by atoms with Crippen LogP contribution in [0.5, 0.6) is 5.06 Å². The fourth-order valence-corrected chi connectivity index (χ4v) is 5.27. The van der Waals surface area contributed by atoms with E-state index in [1.54, 1.807) is 18.2 Å². The van der Waals surface area contributed by atoms with Crippen molar-refractivity contribution in [2.24, 2.45) is 5.14 Å². The Bertz CT molecular complexity index is 852. The lowest BCUT2D eigenvalue weighted by molar-refractivity contribution is 0.477. The fourth-order valence-electron chi connectivity index (χ4n) is 1.67. The Morgan fingerprint density at radius 1 is 1.05 bits per heavy atom. The van der Waals surface area contributed by atoms with Gasteiger partial charge in [0, 0.05) is 0 Å². The molecule has 0 spiro atoms. The van der Waals surface area contributed by atoms with E-state index in [2.05, 4.69) is 0 Å². The van der Waals surface area contributed by atoms with Crippen molar-refractivity contribution in [3.63, 3.8) is 0 Å². The van der Waals surface area contributed by atoms with Crippen LogP contribution in [0.4, 0.5) is 0 Å². The first kappa shape index (κ1) is 14.9. The molecule has 0 bridgehead atoms. The number of primary sulfonamides is 1. The molecule has 2 rings (SSSR count). The second-order valence-corrected chi connectivity index (χ2v) is 7.90. The van der Waals surface area contributed by atoms with Crippen molar-refractivity contribution in [2.45, 2.75) is 9.10 Å². The van der Waals surface area contributed by atoms with Gasteiger partial charge in [-0.3, -0.25) is 4.55 Å². The van der Waals surface area contributed by atoms with E-state index in [0.717, 1.165) is 0 Å². The first-order chi connectivity index (χ1) is 9.12. The van der Waals surface area contributed by atoms with E-state index in [1.165, 1.54) is 12.1 Å². The van der Waals surface area contributed by atoms with E-state index in [-0.39, 0.29) is 22.5 Å². The summed E-state index contributed by atoms with van der Waals surface area (Å²) in [5.74, 6) is 0. The molecule has 0 aliphatic rings. The summed E-state index contributed by atoms with van der Waals surface area (Å²) in [4.78, 5) is -0.909. The molecule has 2 aromatic rings. The smallest absolute Gasteiger partial charge is 0.297 e. The van der Waals surface area contributed by atoms with Gasteiger partial charge in [0.05, 0.1) is 5.56 Å². The van der Waals surface area contributed by atoms with Gasteiger partial charge in [-0.05, 0) is 5.56 Å². The van der Waals surface area contributed by atoms with Gasteiger partial charge in [-0.25, -0.2) is 13.6 Å². The Labute approximate surface area is 119 Å². The highest BCUT2D eigenvalue weighted by Gasteiger charge is 2.33. The van der Waals surface area contributed by atoms with E-state index in [4.69, 9.17) is 5.14 Å². The topological polar surface area (TPSA) is 135 Å². The summed E-state index contributed by atoms with van der Waals surface area (Å²) in [5, 5.41) is 14.2. The highest BCUT2D eigenvalue weighted by Crippen LogP contribution is 2.45. The first-order valence-electron chi connectivity index (χ1n) is 5.04. The maximum atomic E-state index is 11.4. The number of thiophene rings is 1. The van der Waals surface area contributed by atoms with Crippen LogP contribution in [0.3, 0.4) is 0 Å². The Morgan fingerprint density at radius 2 is 1.60 bits per heavy atom. The summed E-state index contributed by atoms with van der Waals surface area (Å²) in [6.07, 6.45) is 0. The molecule has 10 heteroatoms. The molecule has 108 valence electrons. The number of sulfonamides is 1. The summed E-state index contributed by atoms with van der Waals surface area (Å²) < 4.78 is 54.1. The van der Waals surface area contributed by atoms with E-state index >= 15 is 0 Å². The highest BCUT2D eigenvalue weighted by atomic mass is 32.2. The fraction of sp³-hybridized carbons (Fsp3) is 0. The minimum absolute atomic E-state index is 0.240. The van der Waals surface area contributed by atoms with Crippen molar-refractivity contribution >= 4 is 31.5 Å². The van der Waals surface area contributed by atoms with Crippen molar-refractivity contribution in [3.8, 4) is 16.2 Å². The van der Waals surface area contributed by atoms with Crippen LogP contribution in [0.1, 0.15) is 0 Å². The standard InChI is InChI=1S/C10H9NO6S3/c11-19(13,14)10-8(20(15,16)17)7(9(12)18-10)6-4-2-1-3-5-6/h1-5,12H,(H2,11,13,14)(H,15,16,17). The molecule has 0 fully saturated rings. The predicted molar refractivity (Wildman–Crippen MR) is 72.6 cm³/mol. The van der Waals surface area contributed by atoms with Gasteiger partial charge < -0.3 is 5.11 Å². The molecule has 20 heavy (non-hydrogen) atoms. The number of nitrogens with two attached hydrogens (primary N) is 1. The van der Waals surface area contributed by atoms with Crippen molar-refractivity contribution in [2.75, 3.05) is 0 Å². The Kier molecular flexibility index (Phi) is 3.60. The molecule has 1 aromatic carbocycles. The maximum absolute atomic E-state index is 11.4. The van der Waals surface area contributed by atoms with Crippen LogP contribution < -0.4 is 5.14 Å². The monoisotopic (exact) mass is 335 g/mol. The highest BCUT2D eigenvalue weighted by molar-refractivity contribution is 7.93. The van der Waals surface area contributed by atoms with Gasteiger partial charge in [-0.15, -0.1) is 0 Å². The lowest BCUT2D eigenvalue weighted by atomic mass is 10.1. The van der Waals surface area contributed by atoms with E-state index in [0.29, 0.717) is 0 Å². The molecule has 1 aromatic heterocycles. The van der Waals surface area contributed by atoms with Crippen LogP contribution in [0.15, 0.2) is 39.4 Å². The van der Waals surface area contributed by atoms with Gasteiger partial charge in [0.15, 0.2) is 9.27 Å². The minimum atomic E-state index is -4.88. The second-order valence-electron chi connectivity index (χ2n) is 3.78. The van der Waals surface area contributed by atoms with Gasteiger partial charge in [0.2, 0.25) is 10.0 Å². The van der Waals surface area contributed by atoms with Gasteiger partial charge in [-0.2, -0.15) is 8.42 Å². The van der Waals surface area contributed by atoms with Gasteiger partial charge in [-0.1, -0.05) is 41.7 Å². The van der Waals surface area contributed by atoms with Crippen LogP contribution in [-0.2, 0) is 20.1 Å². The lowest BCUT2D eigenvalue weighted by Gasteiger charge is -2.04. The normalized spacial score (nSPS) is 12.5. The molecule has 0 saturated carbocycles. The number of hydrogen-bond acceptors (Lipinski definition) is 6. The number of aromatic hydroxyl groups is 1. The molecular weight excluding hydrogens is 326 g/mol. The Balaban J connectivity index is 2.94. The van der Waals surface area contributed by atoms with Crippen LogP contribution in [0.25, 0.3) is 11.1 Å². The number of benzene rings is 1. The predicted octanol–water partition coefficient (Wildman–Crippen LogP) is 1.01. The van der Waals surface area contributed by atoms with E-state index < -0.39 is 34.3 Å². The lowest BCUT2D eigenvalue weighted by Crippen LogP contribution is -2.14. The van der Waals surface area contributed by atoms with Gasteiger partial charge >= 0.3 is 0 Å². The molecule has 4 N–H and O–H groups in total. The summed E-state index contributed by atoms with van der Waals surface area (Å²) in [5.41, 5.74) is -0.0501. The van der Waals surface area contributed by atoms with Crippen molar-refractivity contribution < 1.29 is 26.5 Å². The molecule has 0 aliphatic heterocycles. The average Bonchev–Trinajstić information content (AvgIpc) is 2.67. The van der Waals surface area contributed by atoms with Crippen molar-refractivity contribution in [1.82, 2.24) is 0 Å². The number of hydrogen-bond donors (Lipinski definition) is 3. The molecular formula is C10H9NO6S3. The third-order valence-electron chi connectivity index (χ3n) is 2.39. The zero-order valence-corrected chi connectivity index (χ0v) is 12.2. The number of rotatable bonds is 3. The summed E-state index contributed by atoms with van der Waals surface area (Å²) in [6, 6.07) is 7.71. The third kappa shape index (κ3) is 2.69. The van der Waals surface area contributed by atoms with Gasteiger partial charge in [0.1, 0.15) is 4.90 Å². The van der Waals surface area contributed by atoms with E-state index in [9.17, 15) is 26.5 Å². The molecule has 7 nitrogen and oxygen atoms in total. The summed E-state index contributed by atoms with van der Waals surface area (Å²) >= 11 is 0.273. The van der Waals surface area contributed by atoms with Crippen LogP contribution in [0.2, 0.25) is 0 Å². The largest absolute Gasteiger partial charge is 0.499 e. The van der Waals surface area contributed by atoms with E-state index in [1.807, 2.05) is 0 Å². The Hall–Kier alpha value is -1.46. The zero-order chi connectivity index (χ0) is 15.1. The van der Waals surface area contributed by atoms with Crippen molar-refractivity contribution in [3.05, 3.63) is 30.3 Å². The van der Waals surface area contributed by atoms with Crippen LogP contribution in [-0.4, -0.2) is 26.5 Å². The minimum Gasteiger partial charge on any atom is -0.499 e. The van der Waals surface area contributed by atoms with Crippen molar-refractivity contribution in [1.29, 1.82) is 0 Å². The molecule has 1 heterocycles. The molecule has 0 amide bonds. The van der Waals surface area contributed by atoms with Crippen LogP contribution in [0, 0.1) is 0 Å². The first-order valence-corrected chi connectivity index (χ1v) is 8.84. The van der Waals surface area contributed by atoms with Crippen LogP contribution >= 0.6 is 11.3 Å². The molecule has 0 radical (unpaired) electrons. The zero-order valence-electron chi connectivity index (χ0n) is 9.72. The Morgan fingerprint density at radius 3 is 2.05 bits per heavy atom. The summed E-state index contributed by atoms with van der Waals surface area (Å²) in [7, 11) is -9.29. The molecule has 0 unspecified atom stereocenters. The third-order valence-corrected chi connectivity index (χ3v) is 6.03. The quantitative estimate of drug-likeness (QED) is 0.717. The SMILES string of the molecule is NS(=O)(=O)c1sc(O)c(-c2ccccc2)c1S(=O)(=O)O. The van der Waals surface area contributed by atoms with Gasteiger partial charge in [0.25, 0.3) is 10.1 Å². The second kappa shape index (κ2) is 4.82. The molecule has 0 aliphatic carbocycles. The molecule has 0 atom stereocenters. The maximum Gasteiger partial charge on any atom is 0.297 e. The molecule has 0 saturated heterocycles. The summed E-state index contributed by atoms with van der Waals surface area (Å²) in [6.45, 7) is 0.